The molecule has 0 saturated carbocycles. The summed E-state index contributed by atoms with van der Waals surface area (Å²) in [4.78, 5) is 13.4. The molecule has 0 aromatic heterocycles. The quantitative estimate of drug-likeness (QED) is 0.433. The maximum atomic E-state index is 13.6. The van der Waals surface area contributed by atoms with Crippen molar-refractivity contribution in [3.8, 4) is 23.0 Å². The van der Waals surface area contributed by atoms with Crippen molar-refractivity contribution >= 4 is 15.9 Å². The monoisotopic (exact) mass is 526 g/mol. The summed E-state index contributed by atoms with van der Waals surface area (Å²) >= 11 is 0. The maximum absolute atomic E-state index is 13.6. The van der Waals surface area contributed by atoms with Crippen LogP contribution in [0, 0.1) is 0 Å². The minimum atomic E-state index is -3.99. The first-order chi connectivity index (χ1) is 17.8. The van der Waals surface area contributed by atoms with E-state index >= 15 is 0 Å². The average molecular weight is 527 g/mol. The lowest BCUT2D eigenvalue weighted by atomic mass is 10.1. The van der Waals surface area contributed by atoms with E-state index in [4.69, 9.17) is 18.9 Å². The number of sulfonamides is 1. The van der Waals surface area contributed by atoms with Crippen molar-refractivity contribution in [2.75, 3.05) is 27.9 Å². The highest BCUT2D eigenvalue weighted by Gasteiger charge is 2.45. The number of amides is 1. The highest BCUT2D eigenvalue weighted by Crippen LogP contribution is 2.30. The van der Waals surface area contributed by atoms with E-state index in [-0.39, 0.29) is 24.4 Å². The van der Waals surface area contributed by atoms with Crippen LogP contribution in [0.1, 0.15) is 12.0 Å². The normalized spacial score (nSPS) is 17.7. The Kier molecular flexibility index (Phi) is 8.20. The smallest absolute Gasteiger partial charge is 0.243 e. The van der Waals surface area contributed by atoms with Crippen LogP contribution in [-0.2, 0) is 21.4 Å². The summed E-state index contributed by atoms with van der Waals surface area (Å²) in [6.07, 6.45) is -0.294. The van der Waals surface area contributed by atoms with Gasteiger partial charge >= 0.3 is 0 Å². The van der Waals surface area contributed by atoms with Gasteiger partial charge in [0.2, 0.25) is 15.9 Å². The van der Waals surface area contributed by atoms with Crippen LogP contribution < -0.4 is 24.3 Å². The van der Waals surface area contributed by atoms with Gasteiger partial charge in [-0.25, -0.2) is 8.42 Å². The number of hydrogen-bond acceptors (Lipinski definition) is 7. The molecular weight excluding hydrogens is 496 g/mol. The summed E-state index contributed by atoms with van der Waals surface area (Å²) in [5.41, 5.74) is 0.733. The van der Waals surface area contributed by atoms with E-state index in [1.165, 1.54) is 30.7 Å². The zero-order valence-corrected chi connectivity index (χ0v) is 21.7. The average Bonchev–Trinajstić information content (AvgIpc) is 3.37. The number of nitrogens with one attached hydrogen (secondary N) is 1. The number of hydrogen-bond donors (Lipinski definition) is 1. The van der Waals surface area contributed by atoms with Gasteiger partial charge in [0.05, 0.1) is 32.8 Å². The van der Waals surface area contributed by atoms with Crippen LogP contribution in [0.4, 0.5) is 0 Å². The van der Waals surface area contributed by atoms with Crippen molar-refractivity contribution in [3.63, 3.8) is 0 Å². The first-order valence-corrected chi connectivity index (χ1v) is 13.2. The third-order valence-electron chi connectivity index (χ3n) is 6.18. The second kappa shape index (κ2) is 11.5. The fourth-order valence-electron chi connectivity index (χ4n) is 4.23. The zero-order chi connectivity index (χ0) is 26.4. The molecule has 2 unspecified atom stereocenters. The van der Waals surface area contributed by atoms with Gasteiger partial charge in [0, 0.05) is 24.6 Å². The minimum absolute atomic E-state index is 0.0349. The Morgan fingerprint density at radius 3 is 2.22 bits per heavy atom. The van der Waals surface area contributed by atoms with Gasteiger partial charge < -0.3 is 24.3 Å². The van der Waals surface area contributed by atoms with Crippen LogP contribution >= 0.6 is 0 Å². The maximum Gasteiger partial charge on any atom is 0.243 e. The summed E-state index contributed by atoms with van der Waals surface area (Å²) in [7, 11) is 0.607. The Morgan fingerprint density at radius 2 is 1.57 bits per heavy atom. The van der Waals surface area contributed by atoms with E-state index in [2.05, 4.69) is 5.32 Å². The number of nitrogens with zero attached hydrogens (tertiary/aromatic N) is 1. The number of carbonyl (C=O) groups is 1. The first-order valence-electron chi connectivity index (χ1n) is 11.7. The molecule has 1 heterocycles. The van der Waals surface area contributed by atoms with Crippen molar-refractivity contribution in [3.05, 3.63) is 78.4 Å². The fourth-order valence-corrected chi connectivity index (χ4v) is 5.86. The van der Waals surface area contributed by atoms with Gasteiger partial charge in [0.25, 0.3) is 0 Å². The van der Waals surface area contributed by atoms with Crippen LogP contribution in [0.3, 0.4) is 0 Å². The number of methoxy groups -OCH3 is 3. The predicted octanol–water partition coefficient (Wildman–Crippen LogP) is 3.24. The summed E-state index contributed by atoms with van der Waals surface area (Å²) in [6.45, 7) is 0.191. The van der Waals surface area contributed by atoms with Crippen molar-refractivity contribution < 1.29 is 32.2 Å². The molecule has 37 heavy (non-hydrogen) atoms. The van der Waals surface area contributed by atoms with Crippen LogP contribution in [0.15, 0.2) is 77.7 Å². The lowest BCUT2D eigenvalue weighted by Gasteiger charge is -2.23. The van der Waals surface area contributed by atoms with Gasteiger partial charge in [-0.1, -0.05) is 18.2 Å². The van der Waals surface area contributed by atoms with E-state index in [0.29, 0.717) is 23.0 Å². The van der Waals surface area contributed by atoms with Crippen molar-refractivity contribution in [1.82, 2.24) is 9.62 Å². The van der Waals surface area contributed by atoms with Gasteiger partial charge in [0.15, 0.2) is 0 Å². The van der Waals surface area contributed by atoms with Gasteiger partial charge in [0.1, 0.15) is 35.1 Å². The van der Waals surface area contributed by atoms with Crippen molar-refractivity contribution in [1.29, 1.82) is 0 Å². The molecule has 3 aromatic carbocycles. The highest BCUT2D eigenvalue weighted by molar-refractivity contribution is 7.89. The van der Waals surface area contributed by atoms with Crippen LogP contribution in [-0.4, -0.2) is 58.7 Å². The number of para-hydroxylation sites is 1. The molecule has 0 aliphatic carbocycles. The lowest BCUT2D eigenvalue weighted by Crippen LogP contribution is -2.45. The number of carbonyl (C=O) groups excluding carboxylic acids is 1. The number of benzene rings is 3. The first kappa shape index (κ1) is 26.3. The van der Waals surface area contributed by atoms with Gasteiger partial charge in [-0.2, -0.15) is 4.31 Å². The Labute approximate surface area is 217 Å². The molecule has 2 atom stereocenters. The summed E-state index contributed by atoms with van der Waals surface area (Å²) in [6, 6.07) is 19.6. The molecule has 3 aromatic rings. The third-order valence-corrected chi connectivity index (χ3v) is 8.07. The standard InChI is InChI=1S/C27H30N2O7S/c1-33-20-11-13-24(14-12-20)37(31,32)29-18-23(36-21-7-5-4-6-8-21)15-25(29)27(30)28-17-19-9-10-22(34-2)16-26(19)35-3/h4-14,16,23,25H,15,17-18H2,1-3H3,(H,28,30). The SMILES string of the molecule is COc1ccc(S(=O)(=O)N2CC(Oc3ccccc3)CC2C(=O)NCc2ccc(OC)cc2OC)cc1. The van der Waals surface area contributed by atoms with E-state index in [1.54, 1.807) is 49.6 Å². The van der Waals surface area contributed by atoms with Gasteiger partial charge in [-0.15, -0.1) is 0 Å². The molecule has 196 valence electrons. The van der Waals surface area contributed by atoms with Gasteiger partial charge in [-0.05, 0) is 48.5 Å². The molecule has 0 bridgehead atoms. The molecular formula is C27H30N2O7S. The second-order valence-electron chi connectivity index (χ2n) is 8.45. The molecule has 0 radical (unpaired) electrons. The predicted molar refractivity (Wildman–Crippen MR) is 138 cm³/mol. The lowest BCUT2D eigenvalue weighted by molar-refractivity contribution is -0.124. The number of ether oxygens (including phenoxy) is 4. The van der Waals surface area contributed by atoms with E-state index in [9.17, 15) is 13.2 Å². The molecule has 1 aliphatic rings. The summed E-state index contributed by atoms with van der Waals surface area (Å²) in [5, 5.41) is 2.87. The largest absolute Gasteiger partial charge is 0.497 e. The molecule has 10 heteroatoms. The molecule has 1 saturated heterocycles. The molecule has 4 rings (SSSR count). The molecule has 1 fully saturated rings. The van der Waals surface area contributed by atoms with Crippen molar-refractivity contribution in [2.24, 2.45) is 0 Å². The van der Waals surface area contributed by atoms with Gasteiger partial charge in [-0.3, -0.25) is 4.79 Å². The molecule has 1 N–H and O–H groups in total. The Morgan fingerprint density at radius 1 is 0.892 bits per heavy atom. The zero-order valence-electron chi connectivity index (χ0n) is 20.9. The fraction of sp³-hybridized carbons (Fsp3) is 0.296. The summed E-state index contributed by atoms with van der Waals surface area (Å²) < 4.78 is 50.3. The Bertz CT molecular complexity index is 1310. The Hall–Kier alpha value is -3.76. The van der Waals surface area contributed by atoms with Crippen LogP contribution in [0.5, 0.6) is 23.0 Å². The van der Waals surface area contributed by atoms with Crippen LogP contribution in [0.2, 0.25) is 0 Å². The third kappa shape index (κ3) is 5.98. The molecule has 1 aliphatic heterocycles. The molecule has 9 nitrogen and oxygen atoms in total. The van der Waals surface area contributed by atoms with E-state index < -0.39 is 28.1 Å². The molecule has 0 spiro atoms. The summed E-state index contributed by atoms with van der Waals surface area (Å²) in [5.74, 6) is 1.90. The topological polar surface area (TPSA) is 103 Å². The van der Waals surface area contributed by atoms with E-state index in [1.807, 2.05) is 18.2 Å². The highest BCUT2D eigenvalue weighted by atomic mass is 32.2. The van der Waals surface area contributed by atoms with Crippen LogP contribution in [0.25, 0.3) is 0 Å². The van der Waals surface area contributed by atoms with Crippen molar-refractivity contribution in [2.45, 2.75) is 30.0 Å². The van der Waals surface area contributed by atoms with E-state index in [0.717, 1.165) is 5.56 Å². The Balaban J connectivity index is 1.56. The minimum Gasteiger partial charge on any atom is -0.497 e. The number of rotatable bonds is 10. The second-order valence-corrected chi connectivity index (χ2v) is 10.3. The molecule has 1 amide bonds.